The predicted octanol–water partition coefficient (Wildman–Crippen LogP) is 13.0. The van der Waals surface area contributed by atoms with E-state index in [-0.39, 0.29) is 0 Å². The van der Waals surface area contributed by atoms with Gasteiger partial charge in [0, 0.05) is 42.7 Å². The Kier molecular flexibility index (Phi) is 5.90. The van der Waals surface area contributed by atoms with Gasteiger partial charge in [-0.05, 0) is 69.8 Å². The van der Waals surface area contributed by atoms with Gasteiger partial charge in [0.15, 0.2) is 5.82 Å². The highest BCUT2D eigenvalue weighted by atomic mass is 32.1. The summed E-state index contributed by atoms with van der Waals surface area (Å²) in [5.41, 5.74) is 9.08. The van der Waals surface area contributed by atoms with Crippen molar-refractivity contribution >= 4 is 96.9 Å². The van der Waals surface area contributed by atoms with E-state index in [1.54, 1.807) is 11.3 Å². The third-order valence-corrected chi connectivity index (χ3v) is 12.1. The van der Waals surface area contributed by atoms with Gasteiger partial charge in [-0.2, -0.15) is 0 Å². The van der Waals surface area contributed by atoms with E-state index in [4.69, 9.17) is 9.97 Å². The zero-order valence-electron chi connectivity index (χ0n) is 28.4. The van der Waals surface area contributed by atoms with Gasteiger partial charge in [-0.3, -0.25) is 4.57 Å². The van der Waals surface area contributed by atoms with E-state index >= 15 is 0 Å². The molecule has 12 aromatic rings. The van der Waals surface area contributed by atoms with Crippen molar-refractivity contribution in [3.05, 3.63) is 170 Å². The minimum absolute atomic E-state index is 0.819. The summed E-state index contributed by atoms with van der Waals surface area (Å²) in [6.07, 6.45) is 1.95. The fraction of sp³-hybridized carbons (Fsp3) is 0. The minimum Gasteiger partial charge on any atom is -0.309 e. The molecule has 8 aromatic carbocycles. The van der Waals surface area contributed by atoms with Gasteiger partial charge in [-0.1, -0.05) is 121 Å². The summed E-state index contributed by atoms with van der Waals surface area (Å²) in [6, 6.07) is 59.1. The van der Waals surface area contributed by atoms with Gasteiger partial charge in [0.25, 0.3) is 0 Å². The van der Waals surface area contributed by atoms with E-state index in [0.29, 0.717) is 0 Å². The summed E-state index contributed by atoms with van der Waals surface area (Å²) in [7, 11) is 0. The first kappa shape index (κ1) is 28.8. The summed E-state index contributed by atoms with van der Waals surface area (Å²) >= 11 is 1.74. The molecule has 4 aromatic heterocycles. The maximum Gasteiger partial charge on any atom is 0.157 e. The lowest BCUT2D eigenvalue weighted by Gasteiger charge is -2.10. The number of benzene rings is 8. The van der Waals surface area contributed by atoms with Crippen LogP contribution in [0.3, 0.4) is 0 Å². The molecule has 0 aliphatic carbocycles. The quantitative estimate of drug-likeness (QED) is 0.173. The highest BCUT2D eigenvalue weighted by Crippen LogP contribution is 2.44. The summed E-state index contributed by atoms with van der Waals surface area (Å²) in [4.78, 5) is 11.5. The molecule has 4 heterocycles. The van der Waals surface area contributed by atoms with Gasteiger partial charge in [0.1, 0.15) is 10.3 Å². The van der Waals surface area contributed by atoms with E-state index in [1.165, 1.54) is 69.8 Å². The molecule has 4 nitrogen and oxygen atoms in total. The smallest absolute Gasteiger partial charge is 0.157 e. The average Bonchev–Trinajstić information content (AvgIpc) is 3.88. The number of nitrogens with zero attached hydrogens (tertiary/aromatic N) is 4. The van der Waals surface area contributed by atoms with Crippen molar-refractivity contribution in [1.29, 1.82) is 0 Å². The molecular formula is C48H28N4S. The summed E-state index contributed by atoms with van der Waals surface area (Å²) in [5, 5.41) is 11.0. The second-order valence-corrected chi connectivity index (χ2v) is 14.8. The number of hydrogen-bond acceptors (Lipinski definition) is 3. The van der Waals surface area contributed by atoms with Crippen LogP contribution in [0.5, 0.6) is 0 Å². The minimum atomic E-state index is 0.819. The molecule has 5 heteroatoms. The van der Waals surface area contributed by atoms with Crippen LogP contribution in [0.1, 0.15) is 0 Å². The molecule has 0 spiro atoms. The Hall–Kier alpha value is -6.82. The predicted molar refractivity (Wildman–Crippen MR) is 224 cm³/mol. The Labute approximate surface area is 307 Å². The highest BCUT2D eigenvalue weighted by Gasteiger charge is 2.20. The van der Waals surface area contributed by atoms with Crippen LogP contribution in [-0.2, 0) is 0 Å². The lowest BCUT2D eigenvalue weighted by molar-refractivity contribution is 1.08. The van der Waals surface area contributed by atoms with Crippen molar-refractivity contribution in [2.45, 2.75) is 0 Å². The molecule has 0 N–H and O–H groups in total. The fourth-order valence-electron chi connectivity index (χ4n) is 8.67. The second kappa shape index (κ2) is 10.8. The van der Waals surface area contributed by atoms with Crippen LogP contribution in [0.25, 0.3) is 108 Å². The molecule has 53 heavy (non-hydrogen) atoms. The van der Waals surface area contributed by atoms with Gasteiger partial charge >= 0.3 is 0 Å². The summed E-state index contributed by atoms with van der Waals surface area (Å²) in [5.74, 6) is 0.819. The van der Waals surface area contributed by atoms with Gasteiger partial charge in [-0.15, -0.1) is 11.3 Å². The largest absolute Gasteiger partial charge is 0.309 e. The molecule has 0 aliphatic heterocycles. The molecule has 12 rings (SSSR count). The first-order chi connectivity index (χ1) is 26.3. The number of rotatable bonds is 3. The maximum absolute atomic E-state index is 5.48. The topological polar surface area (TPSA) is 35.6 Å². The first-order valence-electron chi connectivity index (χ1n) is 17.9. The highest BCUT2D eigenvalue weighted by molar-refractivity contribution is 7.26. The van der Waals surface area contributed by atoms with Crippen LogP contribution in [0, 0.1) is 0 Å². The second-order valence-electron chi connectivity index (χ2n) is 13.8. The van der Waals surface area contributed by atoms with Gasteiger partial charge in [0.2, 0.25) is 0 Å². The van der Waals surface area contributed by atoms with Crippen LogP contribution in [0.4, 0.5) is 0 Å². The molecule has 0 unspecified atom stereocenters. The molecule has 0 bridgehead atoms. The molecule has 0 radical (unpaired) electrons. The van der Waals surface area contributed by atoms with E-state index in [2.05, 4.69) is 173 Å². The summed E-state index contributed by atoms with van der Waals surface area (Å²) in [6.45, 7) is 0. The van der Waals surface area contributed by atoms with Crippen LogP contribution in [0.15, 0.2) is 170 Å². The molecule has 0 atom stereocenters. The lowest BCUT2D eigenvalue weighted by atomic mass is 9.98. The maximum atomic E-state index is 5.48. The van der Waals surface area contributed by atoms with Crippen molar-refractivity contribution in [2.75, 3.05) is 0 Å². The number of fused-ring (bicyclic) bond motifs is 14. The van der Waals surface area contributed by atoms with Crippen molar-refractivity contribution in [3.8, 4) is 22.6 Å². The van der Waals surface area contributed by atoms with Crippen molar-refractivity contribution in [3.63, 3.8) is 0 Å². The molecule has 0 fully saturated rings. The molecular weight excluding hydrogens is 665 g/mol. The standard InChI is InChI=1S/C48H28N4S/c1-2-12-31(13-3-1)51-40-20-10-9-17-35(40)39-26-29(23-25-42(39)51)30-22-24-36-34-16-8-11-21-41(34)52(43(36)27-30)44-28-49-48-46(50-44)45-37-18-6-4-14-32(37)33-15-5-7-19-38(33)47(45)53-48/h1-28H. The zero-order chi connectivity index (χ0) is 34.6. The molecule has 0 aliphatic rings. The molecule has 0 amide bonds. The Bertz CT molecular complexity index is 3460. The van der Waals surface area contributed by atoms with Crippen LogP contribution in [-0.4, -0.2) is 19.1 Å². The zero-order valence-corrected chi connectivity index (χ0v) is 29.2. The molecule has 0 saturated carbocycles. The monoisotopic (exact) mass is 692 g/mol. The fourth-order valence-corrected chi connectivity index (χ4v) is 9.81. The van der Waals surface area contributed by atoms with E-state index < -0.39 is 0 Å². The van der Waals surface area contributed by atoms with Crippen molar-refractivity contribution in [1.82, 2.24) is 19.1 Å². The Morgan fingerprint density at radius 1 is 0.415 bits per heavy atom. The van der Waals surface area contributed by atoms with E-state index in [0.717, 1.165) is 38.4 Å². The Morgan fingerprint density at radius 3 is 1.77 bits per heavy atom. The first-order valence-corrected chi connectivity index (χ1v) is 18.7. The van der Waals surface area contributed by atoms with Gasteiger partial charge < -0.3 is 4.57 Å². The van der Waals surface area contributed by atoms with Gasteiger partial charge in [0.05, 0.1) is 28.3 Å². The number of thiophene rings is 1. The number of hydrogen-bond donors (Lipinski definition) is 0. The van der Waals surface area contributed by atoms with Crippen molar-refractivity contribution in [2.24, 2.45) is 0 Å². The third kappa shape index (κ3) is 4.05. The van der Waals surface area contributed by atoms with Gasteiger partial charge in [-0.25, -0.2) is 9.97 Å². The van der Waals surface area contributed by atoms with E-state index in [9.17, 15) is 0 Å². The molecule has 0 saturated heterocycles. The molecule has 246 valence electrons. The average molecular weight is 693 g/mol. The van der Waals surface area contributed by atoms with Crippen LogP contribution >= 0.6 is 11.3 Å². The SMILES string of the molecule is c1ccc(-n2c3ccccc3c3cc(-c4ccc5c6ccccc6n(-c6cnc7sc8c9ccccc9c9ccccc9c8c7n6)c5c4)ccc32)cc1. The van der Waals surface area contributed by atoms with Crippen LogP contribution in [0.2, 0.25) is 0 Å². The summed E-state index contributed by atoms with van der Waals surface area (Å²) < 4.78 is 5.90. The van der Waals surface area contributed by atoms with E-state index in [1.807, 2.05) is 6.20 Å². The Morgan fingerprint density at radius 2 is 0.981 bits per heavy atom. The Balaban J connectivity index is 1.10. The lowest BCUT2D eigenvalue weighted by Crippen LogP contribution is -1.98. The number of para-hydroxylation sites is 3. The third-order valence-electron chi connectivity index (χ3n) is 11.0. The normalized spacial score (nSPS) is 12.2. The van der Waals surface area contributed by atoms with Crippen LogP contribution < -0.4 is 0 Å². The number of aromatic nitrogens is 4. The van der Waals surface area contributed by atoms with Crippen molar-refractivity contribution < 1.29 is 0 Å².